The second kappa shape index (κ2) is 10.3. The van der Waals surface area contributed by atoms with Gasteiger partial charge in [-0.15, -0.1) is 0 Å². The summed E-state index contributed by atoms with van der Waals surface area (Å²) in [6.45, 7) is 6.40. The molecule has 10 nitrogen and oxygen atoms in total. The number of nitrogens with one attached hydrogen (secondary N) is 2. The first-order valence-electron chi connectivity index (χ1n) is 10.9. The Labute approximate surface area is 199 Å². The van der Waals surface area contributed by atoms with E-state index in [1.54, 1.807) is 24.3 Å². The van der Waals surface area contributed by atoms with Crippen LogP contribution >= 0.6 is 0 Å². The fourth-order valence-electron chi connectivity index (χ4n) is 3.54. The number of ether oxygens (including phenoxy) is 1. The van der Waals surface area contributed by atoms with Crippen LogP contribution in [0.15, 0.2) is 41.3 Å². The molecule has 11 heteroatoms. The summed E-state index contributed by atoms with van der Waals surface area (Å²) >= 11 is 0. The molecule has 0 aliphatic rings. The highest BCUT2D eigenvalue weighted by molar-refractivity contribution is 7.92. The zero-order valence-corrected chi connectivity index (χ0v) is 20.5. The van der Waals surface area contributed by atoms with Gasteiger partial charge in [-0.1, -0.05) is 32.9 Å². The van der Waals surface area contributed by atoms with Gasteiger partial charge in [-0.25, -0.2) is 18.2 Å². The Bertz CT molecular complexity index is 1270. The molecule has 1 heterocycles. The molecule has 1 amide bonds. The van der Waals surface area contributed by atoms with Gasteiger partial charge in [-0.05, 0) is 54.6 Å². The molecule has 3 aromatic rings. The number of carbonyl (C=O) groups is 1. The number of methoxy groups -OCH3 is 1. The van der Waals surface area contributed by atoms with E-state index in [-0.39, 0.29) is 40.7 Å². The first-order chi connectivity index (χ1) is 16.1. The van der Waals surface area contributed by atoms with Gasteiger partial charge in [0.05, 0.1) is 28.7 Å². The van der Waals surface area contributed by atoms with Crippen molar-refractivity contribution in [2.45, 2.75) is 32.1 Å². The number of hydrogen-bond donors (Lipinski definition) is 4. The van der Waals surface area contributed by atoms with Gasteiger partial charge in [-0.3, -0.25) is 9.62 Å². The number of nitrogens with two attached hydrogens (primary N) is 1. The van der Waals surface area contributed by atoms with Gasteiger partial charge in [0, 0.05) is 6.54 Å². The van der Waals surface area contributed by atoms with Gasteiger partial charge < -0.3 is 20.6 Å². The third-order valence-corrected chi connectivity index (χ3v) is 7.09. The lowest BCUT2D eigenvalue weighted by atomic mass is 10.00. The molecule has 1 aromatic heterocycles. The number of fused-ring (bicyclic) bond motifs is 1. The highest BCUT2D eigenvalue weighted by Gasteiger charge is 2.29. The smallest absolute Gasteiger partial charge is 0.413 e. The fourth-order valence-corrected chi connectivity index (χ4v) is 5.21. The number of H-pyrrole nitrogens is 1. The number of sulfonamides is 1. The van der Waals surface area contributed by atoms with E-state index in [0.717, 1.165) is 0 Å². The summed E-state index contributed by atoms with van der Waals surface area (Å²) in [5.74, 6) is 0.188. The van der Waals surface area contributed by atoms with Crippen LogP contribution < -0.4 is 15.4 Å². The lowest BCUT2D eigenvalue weighted by Gasteiger charge is -2.28. The monoisotopic (exact) mass is 489 g/mol. The maximum absolute atomic E-state index is 13.8. The minimum atomic E-state index is -4.04. The fraction of sp³-hybridized carbons (Fsp3) is 0.391. The number of carbonyl (C=O) groups excluding carboxylic acids is 1. The number of hydrogen-bond acceptors (Lipinski definition) is 7. The van der Waals surface area contributed by atoms with E-state index in [9.17, 15) is 18.3 Å². The van der Waals surface area contributed by atoms with E-state index >= 15 is 0 Å². The number of aromatic hydroxyl groups is 1. The molecule has 0 saturated heterocycles. The molecule has 34 heavy (non-hydrogen) atoms. The second-order valence-electron chi connectivity index (χ2n) is 8.64. The molecule has 5 N–H and O–H groups in total. The van der Waals surface area contributed by atoms with Crippen LogP contribution in [0.5, 0.6) is 5.75 Å². The first kappa shape index (κ1) is 25.3. The standard InChI is InChI=1S/C23H31N5O5S/c1-14(2)13-28(20-7-5-6-16(21(20)29)10-15(3)12-24)34(31,32)17-8-9-18-19(11-17)26-22(25-18)27-23(30)33-4/h5-9,11,14-15,29H,10,12-13,24H2,1-4H3,(H2,25,26,27,30)/t15-/m1/s1. The summed E-state index contributed by atoms with van der Waals surface area (Å²) in [6, 6.07) is 9.56. The zero-order valence-electron chi connectivity index (χ0n) is 19.7. The number of phenols is 1. The van der Waals surface area contributed by atoms with Crippen LogP contribution in [0.25, 0.3) is 11.0 Å². The molecule has 0 unspecified atom stereocenters. The number of amides is 1. The van der Waals surface area contributed by atoms with Crippen LogP contribution in [0.1, 0.15) is 26.3 Å². The lowest BCUT2D eigenvalue weighted by Crippen LogP contribution is -2.34. The number of para-hydroxylation sites is 1. The molecule has 2 aromatic carbocycles. The normalized spacial score (nSPS) is 12.6. The summed E-state index contributed by atoms with van der Waals surface area (Å²) in [6.07, 6.45) is -0.170. The van der Waals surface area contributed by atoms with Crippen molar-refractivity contribution in [2.75, 3.05) is 29.8 Å². The Morgan fingerprint density at radius 2 is 2.00 bits per heavy atom. The van der Waals surface area contributed by atoms with Crippen molar-refractivity contribution in [2.24, 2.45) is 17.6 Å². The average molecular weight is 490 g/mol. The van der Waals surface area contributed by atoms with Gasteiger partial charge in [0.1, 0.15) is 5.75 Å². The van der Waals surface area contributed by atoms with E-state index < -0.39 is 16.1 Å². The topological polar surface area (TPSA) is 151 Å². The Kier molecular flexibility index (Phi) is 7.68. The molecule has 0 aliphatic heterocycles. The molecule has 184 valence electrons. The third kappa shape index (κ3) is 5.42. The maximum Gasteiger partial charge on any atom is 0.413 e. The van der Waals surface area contributed by atoms with Crippen LogP contribution in [-0.2, 0) is 21.2 Å². The summed E-state index contributed by atoms with van der Waals surface area (Å²) in [7, 11) is -2.81. The molecule has 0 fully saturated rings. The van der Waals surface area contributed by atoms with Crippen LogP contribution in [-0.4, -0.2) is 49.8 Å². The van der Waals surface area contributed by atoms with Gasteiger partial charge in [0.15, 0.2) is 0 Å². The number of phenolic OH excluding ortho intramolecular Hbond substituents is 1. The minimum absolute atomic E-state index is 0.00691. The predicted molar refractivity (Wildman–Crippen MR) is 132 cm³/mol. The highest BCUT2D eigenvalue weighted by Crippen LogP contribution is 2.36. The molecular formula is C23H31N5O5S. The number of benzene rings is 2. The predicted octanol–water partition coefficient (Wildman–Crippen LogP) is 3.44. The van der Waals surface area contributed by atoms with Crippen LogP contribution in [0.2, 0.25) is 0 Å². The van der Waals surface area contributed by atoms with Crippen molar-refractivity contribution in [3.05, 3.63) is 42.0 Å². The quantitative estimate of drug-likeness (QED) is 0.359. The molecule has 0 radical (unpaired) electrons. The Hall–Kier alpha value is -3.31. The molecule has 0 aliphatic carbocycles. The van der Waals surface area contributed by atoms with Gasteiger partial charge in [0.2, 0.25) is 5.95 Å². The van der Waals surface area contributed by atoms with Gasteiger partial charge in [0.25, 0.3) is 10.0 Å². The number of imidazole rings is 1. The number of anilines is 2. The number of rotatable bonds is 9. The van der Waals surface area contributed by atoms with Crippen molar-refractivity contribution in [3.63, 3.8) is 0 Å². The third-order valence-electron chi connectivity index (χ3n) is 5.32. The summed E-state index contributed by atoms with van der Waals surface area (Å²) in [4.78, 5) is 18.6. The van der Waals surface area contributed by atoms with E-state index in [4.69, 9.17) is 5.73 Å². The van der Waals surface area contributed by atoms with Gasteiger partial charge >= 0.3 is 6.09 Å². The highest BCUT2D eigenvalue weighted by atomic mass is 32.2. The molecule has 0 saturated carbocycles. The molecule has 0 spiro atoms. The average Bonchev–Trinajstić information content (AvgIpc) is 3.20. The maximum atomic E-state index is 13.8. The van der Waals surface area contributed by atoms with Crippen molar-refractivity contribution < 1.29 is 23.1 Å². The molecular weight excluding hydrogens is 458 g/mol. The lowest BCUT2D eigenvalue weighted by molar-refractivity contribution is 0.186. The van der Waals surface area contributed by atoms with Crippen LogP contribution in [0, 0.1) is 11.8 Å². The number of aromatic amines is 1. The second-order valence-corrected chi connectivity index (χ2v) is 10.5. The van der Waals surface area contributed by atoms with Crippen molar-refractivity contribution >= 4 is 38.8 Å². The SMILES string of the molecule is COC(=O)Nc1nc2ccc(S(=O)(=O)N(CC(C)C)c3cccc(C[C@@H](C)CN)c3O)cc2[nH]1. The van der Waals surface area contributed by atoms with Gasteiger partial charge in [-0.2, -0.15) is 0 Å². The van der Waals surface area contributed by atoms with Crippen molar-refractivity contribution in [3.8, 4) is 5.75 Å². The van der Waals surface area contributed by atoms with Crippen molar-refractivity contribution in [1.29, 1.82) is 0 Å². The van der Waals surface area contributed by atoms with Crippen molar-refractivity contribution in [1.82, 2.24) is 9.97 Å². The molecule has 0 bridgehead atoms. The summed E-state index contributed by atoms with van der Waals surface area (Å²) in [5, 5.41) is 13.4. The Morgan fingerprint density at radius 1 is 1.26 bits per heavy atom. The number of nitrogens with zero attached hydrogens (tertiary/aromatic N) is 2. The molecule has 3 rings (SSSR count). The van der Waals surface area contributed by atoms with E-state index in [1.165, 1.54) is 23.5 Å². The Balaban J connectivity index is 2.05. The van der Waals surface area contributed by atoms with E-state index in [0.29, 0.717) is 29.6 Å². The zero-order chi connectivity index (χ0) is 25.0. The largest absolute Gasteiger partial charge is 0.505 e. The van der Waals surface area contributed by atoms with Crippen LogP contribution in [0.4, 0.5) is 16.4 Å². The minimum Gasteiger partial charge on any atom is -0.505 e. The molecule has 1 atom stereocenters. The van der Waals surface area contributed by atoms with Crippen LogP contribution in [0.3, 0.4) is 0 Å². The first-order valence-corrected chi connectivity index (χ1v) is 12.4. The summed E-state index contributed by atoms with van der Waals surface area (Å²) < 4.78 is 33.3. The van der Waals surface area contributed by atoms with E-state index in [2.05, 4.69) is 20.0 Å². The Morgan fingerprint density at radius 3 is 2.65 bits per heavy atom. The summed E-state index contributed by atoms with van der Waals surface area (Å²) in [5.41, 5.74) is 7.49. The van der Waals surface area contributed by atoms with E-state index in [1.807, 2.05) is 20.8 Å². The number of aromatic nitrogens is 2.